The summed E-state index contributed by atoms with van der Waals surface area (Å²) >= 11 is 0. The maximum absolute atomic E-state index is 9.83. The van der Waals surface area contributed by atoms with Gasteiger partial charge in [0.1, 0.15) is 11.5 Å². The second kappa shape index (κ2) is 6.93. The number of rotatable bonds is 3. The molecule has 0 saturated carbocycles. The van der Waals surface area contributed by atoms with E-state index in [2.05, 4.69) is 61.5 Å². The van der Waals surface area contributed by atoms with Crippen molar-refractivity contribution in [3.05, 3.63) is 120 Å². The van der Waals surface area contributed by atoms with Gasteiger partial charge in [-0.2, -0.15) is 0 Å². The second-order valence-electron chi connectivity index (χ2n) is 7.94. The third-order valence-corrected chi connectivity index (χ3v) is 6.21. The lowest BCUT2D eigenvalue weighted by Crippen LogP contribution is -2.25. The Bertz CT molecular complexity index is 1300. The van der Waals surface area contributed by atoms with Crippen LogP contribution in [0, 0.1) is 0 Å². The minimum atomic E-state index is -0.452. The Morgan fingerprint density at radius 3 is 1.57 bits per heavy atom. The SMILES string of the molecule is CC(c1ccc(O)cc1)(c1ccc(O)cc1)c1ccc2ccc3ccccc3c2c1. The third-order valence-electron chi connectivity index (χ3n) is 6.21. The highest BCUT2D eigenvalue weighted by Crippen LogP contribution is 2.41. The quantitative estimate of drug-likeness (QED) is 0.264. The molecule has 0 atom stereocenters. The molecular formula is C28H22O2. The minimum absolute atomic E-state index is 0.247. The van der Waals surface area contributed by atoms with Gasteiger partial charge in [0, 0.05) is 5.41 Å². The van der Waals surface area contributed by atoms with Crippen molar-refractivity contribution in [2.24, 2.45) is 0 Å². The number of phenols is 2. The van der Waals surface area contributed by atoms with Crippen molar-refractivity contribution in [2.75, 3.05) is 0 Å². The van der Waals surface area contributed by atoms with Crippen LogP contribution in [0.4, 0.5) is 0 Å². The summed E-state index contributed by atoms with van der Waals surface area (Å²) in [5.74, 6) is 0.493. The van der Waals surface area contributed by atoms with Gasteiger partial charge in [0.2, 0.25) is 0 Å². The fraction of sp³-hybridized carbons (Fsp3) is 0.0714. The highest BCUT2D eigenvalue weighted by Gasteiger charge is 2.31. The van der Waals surface area contributed by atoms with Crippen LogP contribution in [-0.2, 0) is 5.41 Å². The molecule has 5 aromatic carbocycles. The average molecular weight is 390 g/mol. The lowest BCUT2D eigenvalue weighted by atomic mass is 9.70. The van der Waals surface area contributed by atoms with E-state index in [4.69, 9.17) is 0 Å². The molecule has 146 valence electrons. The van der Waals surface area contributed by atoms with Crippen LogP contribution >= 0.6 is 0 Å². The molecule has 0 aliphatic carbocycles. The van der Waals surface area contributed by atoms with Gasteiger partial charge in [0.25, 0.3) is 0 Å². The highest BCUT2D eigenvalue weighted by atomic mass is 16.3. The van der Waals surface area contributed by atoms with Gasteiger partial charge in [-0.1, -0.05) is 72.8 Å². The topological polar surface area (TPSA) is 40.5 Å². The van der Waals surface area contributed by atoms with E-state index in [9.17, 15) is 10.2 Å². The summed E-state index contributed by atoms with van der Waals surface area (Å²) < 4.78 is 0. The van der Waals surface area contributed by atoms with E-state index < -0.39 is 5.41 Å². The molecule has 30 heavy (non-hydrogen) atoms. The maximum atomic E-state index is 9.83. The van der Waals surface area contributed by atoms with E-state index in [1.54, 1.807) is 24.3 Å². The second-order valence-corrected chi connectivity index (χ2v) is 7.94. The normalized spacial score (nSPS) is 11.8. The molecule has 0 aromatic heterocycles. The summed E-state index contributed by atoms with van der Waals surface area (Å²) in [6.07, 6.45) is 0. The lowest BCUT2D eigenvalue weighted by Gasteiger charge is -2.32. The monoisotopic (exact) mass is 390 g/mol. The predicted molar refractivity (Wildman–Crippen MR) is 123 cm³/mol. The zero-order valence-corrected chi connectivity index (χ0v) is 16.7. The van der Waals surface area contributed by atoms with Gasteiger partial charge >= 0.3 is 0 Å². The van der Waals surface area contributed by atoms with Crippen molar-refractivity contribution >= 4 is 21.5 Å². The molecule has 5 aromatic rings. The van der Waals surface area contributed by atoms with Crippen LogP contribution in [0.2, 0.25) is 0 Å². The van der Waals surface area contributed by atoms with E-state index in [0.29, 0.717) is 0 Å². The number of aromatic hydroxyl groups is 2. The van der Waals surface area contributed by atoms with E-state index in [1.807, 2.05) is 24.3 Å². The minimum Gasteiger partial charge on any atom is -0.508 e. The maximum Gasteiger partial charge on any atom is 0.115 e. The zero-order valence-electron chi connectivity index (χ0n) is 16.7. The van der Waals surface area contributed by atoms with Gasteiger partial charge in [-0.05, 0) is 75.5 Å². The van der Waals surface area contributed by atoms with Crippen molar-refractivity contribution in [2.45, 2.75) is 12.3 Å². The first kappa shape index (κ1) is 18.3. The number of benzene rings is 5. The Hall–Kier alpha value is -3.78. The van der Waals surface area contributed by atoms with Gasteiger partial charge in [0.15, 0.2) is 0 Å². The smallest absolute Gasteiger partial charge is 0.115 e. The number of hydrogen-bond donors (Lipinski definition) is 2. The first-order valence-electron chi connectivity index (χ1n) is 10.1. The van der Waals surface area contributed by atoms with Crippen LogP contribution in [0.3, 0.4) is 0 Å². The molecule has 0 radical (unpaired) electrons. The molecular weight excluding hydrogens is 368 g/mol. The average Bonchev–Trinajstić information content (AvgIpc) is 2.79. The van der Waals surface area contributed by atoms with Crippen LogP contribution in [0.25, 0.3) is 21.5 Å². The molecule has 0 unspecified atom stereocenters. The molecule has 2 heteroatoms. The van der Waals surface area contributed by atoms with E-state index >= 15 is 0 Å². The summed E-state index contributed by atoms with van der Waals surface area (Å²) in [7, 11) is 0. The Kier molecular flexibility index (Phi) is 4.22. The van der Waals surface area contributed by atoms with Gasteiger partial charge in [-0.15, -0.1) is 0 Å². The van der Waals surface area contributed by atoms with Gasteiger partial charge in [0.05, 0.1) is 0 Å². The Labute approximate surface area is 175 Å². The number of phenolic OH excluding ortho intramolecular Hbond substituents is 2. The molecule has 0 bridgehead atoms. The summed E-state index contributed by atoms with van der Waals surface area (Å²) in [4.78, 5) is 0. The van der Waals surface area contributed by atoms with Crippen molar-refractivity contribution in [3.63, 3.8) is 0 Å². The van der Waals surface area contributed by atoms with Crippen LogP contribution in [0.1, 0.15) is 23.6 Å². The first-order valence-corrected chi connectivity index (χ1v) is 10.1. The summed E-state index contributed by atoms with van der Waals surface area (Å²) in [5.41, 5.74) is 2.85. The largest absolute Gasteiger partial charge is 0.508 e. The van der Waals surface area contributed by atoms with E-state index in [1.165, 1.54) is 21.5 Å². The van der Waals surface area contributed by atoms with Crippen molar-refractivity contribution in [1.29, 1.82) is 0 Å². The lowest BCUT2D eigenvalue weighted by molar-refractivity contribution is 0.474. The molecule has 2 nitrogen and oxygen atoms in total. The standard InChI is InChI=1S/C28H22O2/c1-28(21-10-14-24(29)15-11-21,22-12-16-25(30)17-13-22)23-9-8-20-7-6-19-4-2-3-5-26(19)27(20)18-23/h2-18,29-30H,1H3. The van der Waals surface area contributed by atoms with Crippen LogP contribution in [-0.4, -0.2) is 10.2 Å². The Morgan fingerprint density at radius 1 is 0.500 bits per heavy atom. The van der Waals surface area contributed by atoms with Gasteiger partial charge < -0.3 is 10.2 Å². The molecule has 0 aliphatic rings. The third kappa shape index (κ3) is 2.89. The predicted octanol–water partition coefficient (Wildman–Crippen LogP) is 6.76. The van der Waals surface area contributed by atoms with Crippen LogP contribution < -0.4 is 0 Å². The molecule has 0 heterocycles. The van der Waals surface area contributed by atoms with Gasteiger partial charge in [-0.25, -0.2) is 0 Å². The highest BCUT2D eigenvalue weighted by molar-refractivity contribution is 6.07. The first-order chi connectivity index (χ1) is 14.6. The van der Waals surface area contributed by atoms with Crippen molar-refractivity contribution < 1.29 is 10.2 Å². The van der Waals surface area contributed by atoms with E-state index in [0.717, 1.165) is 16.7 Å². The number of hydrogen-bond acceptors (Lipinski definition) is 2. The molecule has 2 N–H and O–H groups in total. The summed E-state index contributed by atoms with van der Waals surface area (Å²) in [6, 6.07) is 34.2. The van der Waals surface area contributed by atoms with Crippen molar-refractivity contribution in [3.8, 4) is 11.5 Å². The molecule has 0 aliphatic heterocycles. The fourth-order valence-corrected chi connectivity index (χ4v) is 4.40. The molecule has 0 amide bonds. The van der Waals surface area contributed by atoms with E-state index in [-0.39, 0.29) is 11.5 Å². The molecule has 5 rings (SSSR count). The Balaban J connectivity index is 1.81. The molecule has 0 spiro atoms. The molecule has 0 saturated heterocycles. The number of fused-ring (bicyclic) bond motifs is 3. The van der Waals surface area contributed by atoms with Crippen molar-refractivity contribution in [1.82, 2.24) is 0 Å². The fourth-order valence-electron chi connectivity index (χ4n) is 4.40. The molecule has 0 fully saturated rings. The zero-order chi connectivity index (χ0) is 20.7. The van der Waals surface area contributed by atoms with Crippen LogP contribution in [0.15, 0.2) is 103 Å². The van der Waals surface area contributed by atoms with Gasteiger partial charge in [-0.3, -0.25) is 0 Å². The Morgan fingerprint density at radius 2 is 0.967 bits per heavy atom. The summed E-state index contributed by atoms with van der Waals surface area (Å²) in [5, 5.41) is 24.5. The summed E-state index contributed by atoms with van der Waals surface area (Å²) in [6.45, 7) is 2.19. The van der Waals surface area contributed by atoms with Crippen LogP contribution in [0.5, 0.6) is 11.5 Å².